The third-order valence-electron chi connectivity index (χ3n) is 2.73. The number of rotatable bonds is 3. The van der Waals surface area contributed by atoms with Crippen LogP contribution in [0.2, 0.25) is 0 Å². The van der Waals surface area contributed by atoms with Crippen molar-refractivity contribution in [2.45, 2.75) is 25.3 Å². The largest absolute Gasteiger partial charge is 0.339 e. The summed E-state index contributed by atoms with van der Waals surface area (Å²) in [5.41, 5.74) is -0.115. The van der Waals surface area contributed by atoms with E-state index < -0.39 is 0 Å². The van der Waals surface area contributed by atoms with Gasteiger partial charge in [-0.3, -0.25) is 4.79 Å². The highest BCUT2D eigenvalue weighted by Crippen LogP contribution is 2.38. The first kappa shape index (κ1) is 12.1. The Kier molecular flexibility index (Phi) is 3.11. The van der Waals surface area contributed by atoms with Gasteiger partial charge in [0.25, 0.3) is 5.56 Å². The monoisotopic (exact) mass is 373 g/mol. The third-order valence-corrected chi connectivity index (χ3v) is 3.73. The van der Waals surface area contributed by atoms with E-state index in [1.54, 1.807) is 12.3 Å². The molecule has 0 saturated heterocycles. The van der Waals surface area contributed by atoms with Gasteiger partial charge in [0, 0.05) is 16.6 Å². The summed E-state index contributed by atoms with van der Waals surface area (Å²) in [4.78, 5) is 16.2. The highest BCUT2D eigenvalue weighted by Gasteiger charge is 2.29. The summed E-state index contributed by atoms with van der Waals surface area (Å²) in [5.74, 6) is 1.65. The maximum Gasteiger partial charge on any atom is 0.265 e. The average molecular weight is 375 g/mol. The van der Waals surface area contributed by atoms with Crippen LogP contribution in [0.1, 0.15) is 30.5 Å². The Morgan fingerprint density at radius 3 is 2.94 bits per heavy atom. The van der Waals surface area contributed by atoms with Gasteiger partial charge in [-0.15, -0.1) is 0 Å². The first-order chi connectivity index (χ1) is 8.63. The summed E-state index contributed by atoms with van der Waals surface area (Å²) in [6, 6.07) is 1.71. The molecular weight excluding hydrogens is 366 g/mol. The number of hydrogen-bond acceptors (Lipinski definition) is 4. The zero-order valence-electron chi connectivity index (χ0n) is 9.27. The number of halogens is 2. The van der Waals surface area contributed by atoms with E-state index in [4.69, 9.17) is 4.52 Å². The smallest absolute Gasteiger partial charge is 0.265 e. The Hall–Kier alpha value is -0.950. The van der Waals surface area contributed by atoms with Crippen molar-refractivity contribution in [3.05, 3.63) is 43.3 Å². The molecule has 0 aliphatic heterocycles. The van der Waals surface area contributed by atoms with Crippen LogP contribution in [0.15, 0.2) is 30.5 Å². The molecule has 3 rings (SSSR count). The standard InChI is InChI=1S/C11H9Br2N3O2/c12-7-3-8(13)11(17)16(4-7)5-9-14-10(18-15-9)6-1-2-6/h3-4,6H,1-2,5H2. The predicted octanol–water partition coefficient (Wildman–Crippen LogP) is 2.68. The van der Waals surface area contributed by atoms with Crippen molar-refractivity contribution in [1.29, 1.82) is 0 Å². The second-order valence-corrected chi connectivity index (χ2v) is 6.03. The molecule has 0 bridgehead atoms. The van der Waals surface area contributed by atoms with Gasteiger partial charge in [0.1, 0.15) is 0 Å². The molecule has 0 unspecified atom stereocenters. The summed E-state index contributed by atoms with van der Waals surface area (Å²) in [6.45, 7) is 0.313. The molecule has 1 saturated carbocycles. The fraction of sp³-hybridized carbons (Fsp3) is 0.364. The van der Waals surface area contributed by atoms with E-state index in [0.29, 0.717) is 28.7 Å². The number of nitrogens with zero attached hydrogens (tertiary/aromatic N) is 3. The third kappa shape index (κ3) is 2.42. The molecule has 94 valence electrons. The van der Waals surface area contributed by atoms with E-state index >= 15 is 0 Å². The first-order valence-corrected chi connectivity index (χ1v) is 7.10. The fourth-order valence-corrected chi connectivity index (χ4v) is 2.92. The van der Waals surface area contributed by atoms with Gasteiger partial charge >= 0.3 is 0 Å². The molecule has 1 aliphatic rings. The summed E-state index contributed by atoms with van der Waals surface area (Å²) >= 11 is 6.57. The lowest BCUT2D eigenvalue weighted by Crippen LogP contribution is -2.21. The fourth-order valence-electron chi connectivity index (χ4n) is 1.66. The van der Waals surface area contributed by atoms with Gasteiger partial charge in [-0.05, 0) is 50.8 Å². The lowest BCUT2D eigenvalue weighted by Gasteiger charge is -2.03. The zero-order chi connectivity index (χ0) is 12.7. The van der Waals surface area contributed by atoms with Crippen molar-refractivity contribution in [3.63, 3.8) is 0 Å². The summed E-state index contributed by atoms with van der Waals surface area (Å²) in [7, 11) is 0. The summed E-state index contributed by atoms with van der Waals surface area (Å²) in [6.07, 6.45) is 3.94. The van der Waals surface area contributed by atoms with Gasteiger partial charge in [0.2, 0.25) is 5.89 Å². The first-order valence-electron chi connectivity index (χ1n) is 5.51. The van der Waals surface area contributed by atoms with Crippen LogP contribution in [-0.2, 0) is 6.54 Å². The van der Waals surface area contributed by atoms with Crippen molar-refractivity contribution in [1.82, 2.24) is 14.7 Å². The molecule has 5 nitrogen and oxygen atoms in total. The van der Waals surface area contributed by atoms with Crippen molar-refractivity contribution in [3.8, 4) is 0 Å². The summed E-state index contributed by atoms with van der Waals surface area (Å²) in [5, 5.41) is 3.90. The van der Waals surface area contributed by atoms with Gasteiger partial charge in [-0.1, -0.05) is 5.16 Å². The molecule has 0 radical (unpaired) electrons. The minimum atomic E-state index is -0.115. The Morgan fingerprint density at radius 2 is 2.22 bits per heavy atom. The van der Waals surface area contributed by atoms with Crippen molar-refractivity contribution < 1.29 is 4.52 Å². The Morgan fingerprint density at radius 1 is 1.44 bits per heavy atom. The molecule has 1 aliphatic carbocycles. The molecule has 0 amide bonds. The van der Waals surface area contributed by atoms with Gasteiger partial charge in [-0.2, -0.15) is 4.98 Å². The number of pyridine rings is 1. The van der Waals surface area contributed by atoms with Crippen LogP contribution >= 0.6 is 31.9 Å². The molecule has 0 atom stereocenters. The number of aromatic nitrogens is 3. The average Bonchev–Trinajstić information content (AvgIpc) is 3.07. The Labute approximate surface area is 119 Å². The Balaban J connectivity index is 1.89. The lowest BCUT2D eigenvalue weighted by molar-refractivity contribution is 0.373. The van der Waals surface area contributed by atoms with Crippen LogP contribution in [0.3, 0.4) is 0 Å². The quantitative estimate of drug-likeness (QED) is 0.828. The van der Waals surface area contributed by atoms with Gasteiger partial charge in [-0.25, -0.2) is 0 Å². The minimum Gasteiger partial charge on any atom is -0.339 e. The molecule has 0 spiro atoms. The van der Waals surface area contributed by atoms with E-state index in [1.807, 2.05) is 0 Å². The second kappa shape index (κ2) is 4.62. The van der Waals surface area contributed by atoms with Crippen LogP contribution in [0.4, 0.5) is 0 Å². The van der Waals surface area contributed by atoms with Crippen molar-refractivity contribution in [2.24, 2.45) is 0 Å². The normalized spacial score (nSPS) is 15.0. The number of hydrogen-bond donors (Lipinski definition) is 0. The van der Waals surface area contributed by atoms with Gasteiger partial charge in [0.15, 0.2) is 5.82 Å². The van der Waals surface area contributed by atoms with Gasteiger partial charge < -0.3 is 9.09 Å². The lowest BCUT2D eigenvalue weighted by atomic mass is 10.4. The van der Waals surface area contributed by atoms with Crippen LogP contribution < -0.4 is 5.56 Å². The minimum absolute atomic E-state index is 0.115. The molecule has 0 aromatic carbocycles. The van der Waals surface area contributed by atoms with Crippen molar-refractivity contribution >= 4 is 31.9 Å². The van der Waals surface area contributed by atoms with E-state index in [-0.39, 0.29) is 5.56 Å². The van der Waals surface area contributed by atoms with Crippen molar-refractivity contribution in [2.75, 3.05) is 0 Å². The SMILES string of the molecule is O=c1c(Br)cc(Br)cn1Cc1noc(C2CC2)n1. The Bertz CT molecular complexity index is 646. The molecule has 2 aromatic heterocycles. The van der Waals surface area contributed by atoms with E-state index in [0.717, 1.165) is 17.3 Å². The molecule has 2 heterocycles. The van der Waals surface area contributed by atoms with Gasteiger partial charge in [0.05, 0.1) is 11.0 Å². The highest BCUT2D eigenvalue weighted by molar-refractivity contribution is 9.11. The van der Waals surface area contributed by atoms with Crippen LogP contribution in [0.5, 0.6) is 0 Å². The molecular formula is C11H9Br2N3O2. The molecule has 1 fully saturated rings. The molecule has 18 heavy (non-hydrogen) atoms. The highest BCUT2D eigenvalue weighted by atomic mass is 79.9. The molecule has 0 N–H and O–H groups in total. The second-order valence-electron chi connectivity index (χ2n) is 4.26. The van der Waals surface area contributed by atoms with Crippen LogP contribution in [-0.4, -0.2) is 14.7 Å². The predicted molar refractivity (Wildman–Crippen MR) is 71.5 cm³/mol. The topological polar surface area (TPSA) is 60.9 Å². The maximum atomic E-state index is 11.9. The zero-order valence-corrected chi connectivity index (χ0v) is 12.4. The van der Waals surface area contributed by atoms with Crippen LogP contribution in [0.25, 0.3) is 0 Å². The van der Waals surface area contributed by atoms with Crippen LogP contribution in [0, 0.1) is 0 Å². The summed E-state index contributed by atoms with van der Waals surface area (Å²) < 4.78 is 8.02. The van der Waals surface area contributed by atoms with E-state index in [1.165, 1.54) is 4.57 Å². The molecule has 2 aromatic rings. The maximum absolute atomic E-state index is 11.9. The molecule has 7 heteroatoms. The van der Waals surface area contributed by atoms with E-state index in [2.05, 4.69) is 42.0 Å². The van der Waals surface area contributed by atoms with E-state index in [9.17, 15) is 4.79 Å².